The van der Waals surface area contributed by atoms with Crippen LogP contribution in [0.4, 0.5) is 5.13 Å². The van der Waals surface area contributed by atoms with Gasteiger partial charge < -0.3 is 0 Å². The zero-order valence-corrected chi connectivity index (χ0v) is 11.0. The van der Waals surface area contributed by atoms with E-state index in [9.17, 15) is 0 Å². The summed E-state index contributed by atoms with van der Waals surface area (Å²) in [6, 6.07) is 14.0. The number of rotatable bonds is 3. The highest BCUT2D eigenvalue weighted by Gasteiger charge is 2.04. The second-order valence-electron chi connectivity index (χ2n) is 3.53. The predicted octanol–water partition coefficient (Wildman–Crippen LogP) is 4.02. The van der Waals surface area contributed by atoms with Crippen LogP contribution >= 0.6 is 22.7 Å². The molecule has 2 aromatic heterocycles. The summed E-state index contributed by atoms with van der Waals surface area (Å²) in [6.45, 7) is 0. The topological polar surface area (TPSA) is 38.1 Å². The van der Waals surface area contributed by atoms with Gasteiger partial charge in [0.25, 0.3) is 0 Å². The smallest absolute Gasteiger partial charge is 0.225 e. The number of thiophene rings is 1. The first-order valence-corrected chi connectivity index (χ1v) is 7.08. The van der Waals surface area contributed by atoms with Crippen LogP contribution in [0.5, 0.6) is 0 Å². The zero-order chi connectivity index (χ0) is 12.2. The number of nitrogens with zero attached hydrogens (tertiary/aromatic N) is 3. The summed E-state index contributed by atoms with van der Waals surface area (Å²) in [4.78, 5) is 5.44. The summed E-state index contributed by atoms with van der Waals surface area (Å²) in [5, 5.41) is 11.8. The van der Waals surface area contributed by atoms with Crippen molar-refractivity contribution in [3.63, 3.8) is 0 Å². The first kappa shape index (κ1) is 11.3. The summed E-state index contributed by atoms with van der Waals surface area (Å²) in [5.41, 5.74) is 1.08. The second kappa shape index (κ2) is 5.20. The van der Waals surface area contributed by atoms with Crippen LogP contribution in [0.15, 0.2) is 52.8 Å². The Hall–Kier alpha value is -1.85. The normalized spacial score (nSPS) is 11.1. The van der Waals surface area contributed by atoms with Crippen molar-refractivity contribution in [2.24, 2.45) is 4.99 Å². The lowest BCUT2D eigenvalue weighted by Crippen LogP contribution is -1.74. The van der Waals surface area contributed by atoms with Crippen LogP contribution in [0.1, 0.15) is 4.88 Å². The van der Waals surface area contributed by atoms with E-state index in [1.54, 1.807) is 11.3 Å². The molecule has 18 heavy (non-hydrogen) atoms. The largest absolute Gasteiger partial charge is 0.231 e. The van der Waals surface area contributed by atoms with Crippen LogP contribution in [-0.2, 0) is 0 Å². The van der Waals surface area contributed by atoms with Crippen molar-refractivity contribution in [1.29, 1.82) is 0 Å². The van der Waals surface area contributed by atoms with Gasteiger partial charge >= 0.3 is 0 Å². The van der Waals surface area contributed by atoms with Gasteiger partial charge in [0, 0.05) is 16.7 Å². The molecule has 0 aliphatic carbocycles. The maximum atomic E-state index is 4.33. The van der Waals surface area contributed by atoms with Gasteiger partial charge in [0.05, 0.1) is 0 Å². The van der Waals surface area contributed by atoms with Gasteiger partial charge in [-0.05, 0) is 11.4 Å². The minimum atomic E-state index is 0.683. The molecule has 5 heteroatoms. The Bertz CT molecular complexity index is 642. The van der Waals surface area contributed by atoms with Crippen LogP contribution in [0, 0.1) is 0 Å². The van der Waals surface area contributed by atoms with E-state index in [1.165, 1.54) is 11.3 Å². The molecule has 0 atom stereocenters. The van der Waals surface area contributed by atoms with E-state index in [4.69, 9.17) is 0 Å². The summed E-state index contributed by atoms with van der Waals surface area (Å²) >= 11 is 3.14. The molecular formula is C13H9N3S2. The summed E-state index contributed by atoms with van der Waals surface area (Å²) in [5.74, 6) is 0. The molecule has 88 valence electrons. The average Bonchev–Trinajstić information content (AvgIpc) is 3.09. The Balaban J connectivity index is 1.82. The SMILES string of the molecule is C(=N\c1nnc(-c2ccccc2)s1)/c1cccs1. The second-order valence-corrected chi connectivity index (χ2v) is 5.46. The van der Waals surface area contributed by atoms with E-state index in [2.05, 4.69) is 15.2 Å². The lowest BCUT2D eigenvalue weighted by molar-refractivity contribution is 1.09. The molecule has 3 nitrogen and oxygen atoms in total. The first-order valence-electron chi connectivity index (χ1n) is 5.38. The Morgan fingerprint density at radius 3 is 2.67 bits per heavy atom. The molecule has 1 aromatic carbocycles. The lowest BCUT2D eigenvalue weighted by Gasteiger charge is -1.90. The van der Waals surface area contributed by atoms with Gasteiger partial charge in [-0.1, -0.05) is 47.7 Å². The highest BCUT2D eigenvalue weighted by molar-refractivity contribution is 7.18. The van der Waals surface area contributed by atoms with E-state index in [0.717, 1.165) is 15.4 Å². The maximum absolute atomic E-state index is 4.33. The van der Waals surface area contributed by atoms with E-state index in [0.29, 0.717) is 5.13 Å². The molecular weight excluding hydrogens is 262 g/mol. The number of hydrogen-bond donors (Lipinski definition) is 0. The monoisotopic (exact) mass is 271 g/mol. The van der Waals surface area contributed by atoms with Crippen molar-refractivity contribution in [2.45, 2.75) is 0 Å². The molecule has 0 fully saturated rings. The number of aromatic nitrogens is 2. The molecule has 0 spiro atoms. The number of benzene rings is 1. The van der Waals surface area contributed by atoms with Crippen molar-refractivity contribution in [3.05, 3.63) is 52.7 Å². The molecule has 0 aliphatic rings. The fourth-order valence-corrected chi connectivity index (χ4v) is 2.73. The van der Waals surface area contributed by atoms with Crippen molar-refractivity contribution >= 4 is 34.0 Å². The van der Waals surface area contributed by atoms with E-state index in [1.807, 2.05) is 54.1 Å². The van der Waals surface area contributed by atoms with Gasteiger partial charge in [0.15, 0.2) is 0 Å². The Morgan fingerprint density at radius 1 is 1.00 bits per heavy atom. The van der Waals surface area contributed by atoms with E-state index >= 15 is 0 Å². The van der Waals surface area contributed by atoms with Crippen LogP contribution in [0.25, 0.3) is 10.6 Å². The third-order valence-corrected chi connectivity index (χ3v) is 3.97. The summed E-state index contributed by atoms with van der Waals surface area (Å²) in [6.07, 6.45) is 1.82. The summed E-state index contributed by atoms with van der Waals surface area (Å²) < 4.78 is 0. The van der Waals surface area contributed by atoms with Crippen LogP contribution in [0.2, 0.25) is 0 Å². The molecule has 0 amide bonds. The molecule has 0 unspecified atom stereocenters. The average molecular weight is 271 g/mol. The fourth-order valence-electron chi connectivity index (χ4n) is 1.45. The van der Waals surface area contributed by atoms with Crippen LogP contribution < -0.4 is 0 Å². The van der Waals surface area contributed by atoms with Crippen molar-refractivity contribution < 1.29 is 0 Å². The Morgan fingerprint density at radius 2 is 1.89 bits per heavy atom. The van der Waals surface area contributed by atoms with Gasteiger partial charge in [-0.3, -0.25) is 0 Å². The maximum Gasteiger partial charge on any atom is 0.231 e. The molecule has 0 saturated carbocycles. The van der Waals surface area contributed by atoms with Crippen LogP contribution in [-0.4, -0.2) is 16.4 Å². The highest BCUT2D eigenvalue weighted by Crippen LogP contribution is 2.27. The van der Waals surface area contributed by atoms with Gasteiger partial charge in [0.2, 0.25) is 5.13 Å². The first-order chi connectivity index (χ1) is 8.92. The van der Waals surface area contributed by atoms with Crippen molar-refractivity contribution in [2.75, 3.05) is 0 Å². The number of hydrogen-bond acceptors (Lipinski definition) is 5. The Labute approximate surface area is 112 Å². The zero-order valence-electron chi connectivity index (χ0n) is 9.35. The molecule has 0 saturated heterocycles. The van der Waals surface area contributed by atoms with E-state index < -0.39 is 0 Å². The van der Waals surface area contributed by atoms with Gasteiger partial charge in [0.1, 0.15) is 5.01 Å². The summed E-state index contributed by atoms with van der Waals surface area (Å²) in [7, 11) is 0. The third-order valence-electron chi connectivity index (χ3n) is 2.28. The molecule has 0 bridgehead atoms. The van der Waals surface area contributed by atoms with Gasteiger partial charge in [-0.25, -0.2) is 4.99 Å². The minimum Gasteiger partial charge on any atom is -0.225 e. The lowest BCUT2D eigenvalue weighted by atomic mass is 10.2. The van der Waals surface area contributed by atoms with Crippen molar-refractivity contribution in [1.82, 2.24) is 10.2 Å². The standard InChI is InChI=1S/C13H9N3S2/c1-2-5-10(6-3-1)12-15-16-13(18-12)14-9-11-7-4-8-17-11/h1-9H/b14-9+. The quantitative estimate of drug-likeness (QED) is 0.675. The number of aliphatic imine (C=N–C) groups is 1. The van der Waals surface area contributed by atoms with Crippen molar-refractivity contribution in [3.8, 4) is 10.6 Å². The highest BCUT2D eigenvalue weighted by atomic mass is 32.1. The minimum absolute atomic E-state index is 0.683. The van der Waals surface area contributed by atoms with Gasteiger partial charge in [-0.15, -0.1) is 21.5 Å². The molecule has 0 N–H and O–H groups in total. The van der Waals surface area contributed by atoms with E-state index in [-0.39, 0.29) is 0 Å². The van der Waals surface area contributed by atoms with Gasteiger partial charge in [-0.2, -0.15) is 0 Å². The van der Waals surface area contributed by atoms with Crippen LogP contribution in [0.3, 0.4) is 0 Å². The molecule has 3 rings (SSSR count). The molecule has 0 radical (unpaired) electrons. The Kier molecular flexibility index (Phi) is 3.25. The third kappa shape index (κ3) is 2.52. The molecule has 3 aromatic rings. The molecule has 2 heterocycles. The molecule has 0 aliphatic heterocycles. The predicted molar refractivity (Wildman–Crippen MR) is 76.9 cm³/mol. The fraction of sp³-hybridized carbons (Fsp3) is 0.